The first-order chi connectivity index (χ1) is 8.95. The number of halogens is 2. The molecule has 1 heterocycles. The fraction of sp³-hybridized carbons (Fsp3) is 0.267. The van der Waals surface area contributed by atoms with Gasteiger partial charge in [0.25, 0.3) is 0 Å². The summed E-state index contributed by atoms with van der Waals surface area (Å²) in [7, 11) is 0. The van der Waals surface area contributed by atoms with Crippen molar-refractivity contribution in [3.8, 4) is 0 Å². The van der Waals surface area contributed by atoms with Gasteiger partial charge in [-0.2, -0.15) is 0 Å². The van der Waals surface area contributed by atoms with E-state index in [0.29, 0.717) is 11.4 Å². The molecule has 0 radical (unpaired) electrons. The van der Waals surface area contributed by atoms with Crippen molar-refractivity contribution < 1.29 is 4.39 Å². The standard InChI is InChI=1S/C15H16ClFN2/c1-9-5-12(6-10(2)19-9)15(18)7-11-3-4-13(17)8-14(11)16/h3-6,8,15H,7,18H2,1-2H3. The molecule has 1 atom stereocenters. The first-order valence-corrected chi connectivity index (χ1v) is 6.48. The minimum atomic E-state index is -0.335. The zero-order valence-corrected chi connectivity index (χ0v) is 11.7. The Balaban J connectivity index is 2.22. The molecule has 2 aromatic rings. The normalized spacial score (nSPS) is 12.5. The van der Waals surface area contributed by atoms with Gasteiger partial charge in [0.05, 0.1) is 0 Å². The van der Waals surface area contributed by atoms with Crippen LogP contribution in [0.3, 0.4) is 0 Å². The Kier molecular flexibility index (Phi) is 4.17. The van der Waals surface area contributed by atoms with Gasteiger partial charge in [0.15, 0.2) is 0 Å². The smallest absolute Gasteiger partial charge is 0.124 e. The molecule has 2 rings (SSSR count). The van der Waals surface area contributed by atoms with Crippen LogP contribution in [0.15, 0.2) is 30.3 Å². The van der Waals surface area contributed by atoms with Crippen LogP contribution in [-0.4, -0.2) is 4.98 Å². The van der Waals surface area contributed by atoms with Gasteiger partial charge in [0.2, 0.25) is 0 Å². The maximum atomic E-state index is 13.0. The number of hydrogen-bond donors (Lipinski definition) is 1. The number of aryl methyl sites for hydroxylation is 2. The molecule has 0 spiro atoms. The van der Waals surface area contributed by atoms with Crippen molar-refractivity contribution in [2.24, 2.45) is 5.73 Å². The monoisotopic (exact) mass is 278 g/mol. The highest BCUT2D eigenvalue weighted by Gasteiger charge is 2.11. The summed E-state index contributed by atoms with van der Waals surface area (Å²) in [6.45, 7) is 3.88. The summed E-state index contributed by atoms with van der Waals surface area (Å²) < 4.78 is 13.0. The van der Waals surface area contributed by atoms with Crippen LogP contribution in [0.25, 0.3) is 0 Å². The second-order valence-corrected chi connectivity index (χ2v) is 5.14. The molecule has 0 aliphatic rings. The Bertz CT molecular complexity index is 578. The molecule has 4 heteroatoms. The summed E-state index contributed by atoms with van der Waals surface area (Å²) in [6, 6.07) is 8.15. The third-order valence-electron chi connectivity index (χ3n) is 2.99. The summed E-state index contributed by atoms with van der Waals surface area (Å²) >= 11 is 6.02. The SMILES string of the molecule is Cc1cc(C(N)Cc2ccc(F)cc2Cl)cc(C)n1. The van der Waals surface area contributed by atoms with Crippen LogP contribution in [0.5, 0.6) is 0 Å². The molecular formula is C15H16ClFN2. The average Bonchev–Trinajstić information content (AvgIpc) is 2.31. The van der Waals surface area contributed by atoms with E-state index in [1.807, 2.05) is 26.0 Å². The van der Waals surface area contributed by atoms with E-state index in [2.05, 4.69) is 4.98 Å². The lowest BCUT2D eigenvalue weighted by atomic mass is 9.99. The predicted octanol–water partition coefficient (Wildman–Crippen LogP) is 3.73. The van der Waals surface area contributed by atoms with Crippen LogP contribution in [0.2, 0.25) is 5.02 Å². The van der Waals surface area contributed by atoms with Crippen molar-refractivity contribution in [2.45, 2.75) is 26.3 Å². The van der Waals surface area contributed by atoms with E-state index < -0.39 is 0 Å². The van der Waals surface area contributed by atoms with Gasteiger partial charge >= 0.3 is 0 Å². The minimum Gasteiger partial charge on any atom is -0.324 e. The molecule has 0 amide bonds. The van der Waals surface area contributed by atoms with Gasteiger partial charge in [-0.05, 0) is 55.7 Å². The van der Waals surface area contributed by atoms with Crippen LogP contribution in [0, 0.1) is 19.7 Å². The number of rotatable bonds is 3. The first-order valence-electron chi connectivity index (χ1n) is 6.10. The van der Waals surface area contributed by atoms with Crippen molar-refractivity contribution >= 4 is 11.6 Å². The molecule has 2 N–H and O–H groups in total. The van der Waals surface area contributed by atoms with Crippen LogP contribution in [0.1, 0.15) is 28.6 Å². The fourth-order valence-corrected chi connectivity index (χ4v) is 2.37. The van der Waals surface area contributed by atoms with Crippen LogP contribution in [-0.2, 0) is 6.42 Å². The Labute approximate surface area is 117 Å². The molecule has 0 bridgehead atoms. The van der Waals surface area contributed by atoms with E-state index in [0.717, 1.165) is 22.5 Å². The lowest BCUT2D eigenvalue weighted by molar-refractivity contribution is 0.625. The first kappa shape index (κ1) is 14.0. The topological polar surface area (TPSA) is 38.9 Å². The van der Waals surface area contributed by atoms with Gasteiger partial charge in [-0.1, -0.05) is 17.7 Å². The lowest BCUT2D eigenvalue weighted by Gasteiger charge is -2.14. The van der Waals surface area contributed by atoms with Crippen LogP contribution < -0.4 is 5.73 Å². The molecule has 0 fully saturated rings. The highest BCUT2D eigenvalue weighted by Crippen LogP contribution is 2.23. The Morgan fingerprint density at radius 3 is 2.42 bits per heavy atom. The number of hydrogen-bond acceptors (Lipinski definition) is 2. The Hall–Kier alpha value is -1.45. The molecule has 1 unspecified atom stereocenters. The Morgan fingerprint density at radius 1 is 1.21 bits per heavy atom. The number of benzene rings is 1. The van der Waals surface area contributed by atoms with Crippen LogP contribution >= 0.6 is 11.6 Å². The second-order valence-electron chi connectivity index (χ2n) is 4.73. The van der Waals surface area contributed by atoms with Crippen molar-refractivity contribution in [2.75, 3.05) is 0 Å². The maximum absolute atomic E-state index is 13.0. The van der Waals surface area contributed by atoms with Gasteiger partial charge in [-0.15, -0.1) is 0 Å². The molecule has 0 saturated carbocycles. The molecule has 0 saturated heterocycles. The van der Waals surface area contributed by atoms with Crippen molar-refractivity contribution in [3.05, 3.63) is 63.7 Å². The summed E-state index contributed by atoms with van der Waals surface area (Å²) in [5.41, 5.74) is 9.94. The van der Waals surface area contributed by atoms with E-state index in [-0.39, 0.29) is 11.9 Å². The van der Waals surface area contributed by atoms with E-state index >= 15 is 0 Å². The highest BCUT2D eigenvalue weighted by atomic mass is 35.5. The third-order valence-corrected chi connectivity index (χ3v) is 3.34. The number of aromatic nitrogens is 1. The maximum Gasteiger partial charge on any atom is 0.124 e. The third kappa shape index (κ3) is 3.52. The van der Waals surface area contributed by atoms with E-state index in [1.165, 1.54) is 12.1 Å². The molecule has 1 aromatic carbocycles. The van der Waals surface area contributed by atoms with E-state index in [1.54, 1.807) is 6.07 Å². The fourth-order valence-electron chi connectivity index (χ4n) is 2.12. The second kappa shape index (κ2) is 5.68. The molecule has 100 valence electrons. The molecular weight excluding hydrogens is 263 g/mol. The predicted molar refractivity (Wildman–Crippen MR) is 75.8 cm³/mol. The molecule has 1 aromatic heterocycles. The number of pyridine rings is 1. The Morgan fingerprint density at radius 2 is 1.84 bits per heavy atom. The molecule has 2 nitrogen and oxygen atoms in total. The zero-order valence-electron chi connectivity index (χ0n) is 11.0. The summed E-state index contributed by atoms with van der Waals surface area (Å²) in [6.07, 6.45) is 0.571. The summed E-state index contributed by atoms with van der Waals surface area (Å²) in [5, 5.41) is 0.415. The summed E-state index contributed by atoms with van der Waals surface area (Å²) in [4.78, 5) is 4.32. The minimum absolute atomic E-state index is 0.177. The number of nitrogens with zero attached hydrogens (tertiary/aromatic N) is 1. The van der Waals surface area contributed by atoms with Gasteiger partial charge in [0, 0.05) is 22.5 Å². The van der Waals surface area contributed by atoms with Gasteiger partial charge in [-0.3, -0.25) is 4.98 Å². The van der Waals surface area contributed by atoms with Crippen molar-refractivity contribution in [3.63, 3.8) is 0 Å². The van der Waals surface area contributed by atoms with Crippen molar-refractivity contribution in [1.29, 1.82) is 0 Å². The largest absolute Gasteiger partial charge is 0.324 e. The van der Waals surface area contributed by atoms with Gasteiger partial charge < -0.3 is 5.73 Å². The van der Waals surface area contributed by atoms with Crippen molar-refractivity contribution in [1.82, 2.24) is 4.98 Å². The molecule has 0 aliphatic heterocycles. The number of nitrogens with two attached hydrogens (primary N) is 1. The zero-order chi connectivity index (χ0) is 14.0. The quantitative estimate of drug-likeness (QED) is 0.929. The lowest BCUT2D eigenvalue weighted by Crippen LogP contribution is -2.14. The van der Waals surface area contributed by atoms with Gasteiger partial charge in [-0.25, -0.2) is 4.39 Å². The molecule has 19 heavy (non-hydrogen) atoms. The van der Waals surface area contributed by atoms with E-state index in [9.17, 15) is 4.39 Å². The highest BCUT2D eigenvalue weighted by molar-refractivity contribution is 6.31. The molecule has 0 aliphatic carbocycles. The summed E-state index contributed by atoms with van der Waals surface area (Å²) in [5.74, 6) is -0.335. The van der Waals surface area contributed by atoms with Crippen LogP contribution in [0.4, 0.5) is 4.39 Å². The van der Waals surface area contributed by atoms with Gasteiger partial charge in [0.1, 0.15) is 5.82 Å². The van der Waals surface area contributed by atoms with E-state index in [4.69, 9.17) is 17.3 Å². The average molecular weight is 279 g/mol.